The average Bonchev–Trinajstić information content (AvgIpc) is 3.34. The van der Waals surface area contributed by atoms with E-state index in [1.807, 2.05) is 6.20 Å². The van der Waals surface area contributed by atoms with E-state index in [1.165, 1.54) is 5.56 Å². The molecule has 0 radical (unpaired) electrons. The number of nitrogens with zero attached hydrogens (tertiary/aromatic N) is 2. The Hall–Kier alpha value is -2.34. The van der Waals surface area contributed by atoms with Gasteiger partial charge in [0.1, 0.15) is 0 Å². The third-order valence-corrected chi connectivity index (χ3v) is 7.29. The smallest absolute Gasteiger partial charge is 0.184 e. The fraction of sp³-hybridized carbons (Fsp3) is 0.417. The summed E-state index contributed by atoms with van der Waals surface area (Å²) in [4.78, 5) is 7.79. The molecule has 152 valence electrons. The highest BCUT2D eigenvalue weighted by atomic mass is 16.3. The highest BCUT2D eigenvalue weighted by molar-refractivity contribution is 5.92. The molecule has 2 aliphatic rings. The lowest BCUT2D eigenvalue weighted by molar-refractivity contribution is 0.0513. The van der Waals surface area contributed by atoms with Crippen LogP contribution < -0.4 is 10.2 Å². The molecule has 5 heteroatoms. The molecule has 1 saturated heterocycles. The van der Waals surface area contributed by atoms with Crippen molar-refractivity contribution in [3.63, 3.8) is 0 Å². The van der Waals surface area contributed by atoms with Gasteiger partial charge in [-0.2, -0.15) is 0 Å². The largest absolute Gasteiger partial charge is 0.361 e. The number of anilines is 1. The fourth-order valence-electron chi connectivity index (χ4n) is 5.53. The predicted octanol–water partition coefficient (Wildman–Crippen LogP) is 3.62. The summed E-state index contributed by atoms with van der Waals surface area (Å²) in [6.07, 6.45) is 5.54. The van der Waals surface area contributed by atoms with Gasteiger partial charge in [0.05, 0.1) is 0 Å². The molecule has 1 aliphatic heterocycles. The summed E-state index contributed by atoms with van der Waals surface area (Å²) in [7, 11) is 4.39. The maximum Gasteiger partial charge on any atom is 0.184 e. The quantitative estimate of drug-likeness (QED) is 0.639. The van der Waals surface area contributed by atoms with Gasteiger partial charge >= 0.3 is 0 Å². The van der Waals surface area contributed by atoms with Crippen molar-refractivity contribution in [3.05, 3.63) is 66.4 Å². The number of aromatic amines is 1. The Morgan fingerprint density at radius 1 is 0.966 bits per heavy atom. The second kappa shape index (κ2) is 6.87. The number of nitrogens with one attached hydrogen (secondary N) is 2. The van der Waals surface area contributed by atoms with E-state index in [4.69, 9.17) is 0 Å². The number of aliphatic hydroxyl groups is 1. The maximum atomic E-state index is 10.9. The van der Waals surface area contributed by atoms with Crippen LogP contribution in [0.1, 0.15) is 31.2 Å². The number of aromatic nitrogens is 1. The Labute approximate surface area is 172 Å². The molecule has 1 saturated carbocycles. The van der Waals surface area contributed by atoms with Gasteiger partial charge in [0.25, 0.3) is 0 Å². The number of hydrogen-bond donors (Lipinski definition) is 3. The first-order chi connectivity index (χ1) is 14.0. The van der Waals surface area contributed by atoms with Crippen molar-refractivity contribution in [2.45, 2.75) is 43.1 Å². The van der Waals surface area contributed by atoms with Gasteiger partial charge in [-0.25, -0.2) is 0 Å². The Kier molecular flexibility index (Phi) is 4.42. The van der Waals surface area contributed by atoms with E-state index in [9.17, 15) is 5.11 Å². The molecule has 1 atom stereocenters. The van der Waals surface area contributed by atoms with E-state index in [2.05, 4.69) is 88.8 Å². The zero-order chi connectivity index (χ0) is 20.1. The average molecular weight is 391 g/mol. The molecule has 29 heavy (non-hydrogen) atoms. The minimum atomic E-state index is -0.654. The summed E-state index contributed by atoms with van der Waals surface area (Å²) in [5.41, 5.74) is 3.61. The SMILES string of the molecule is CN(C)[C@]1(c2ccccc2)CC[C@]2(CC1)CN(c1cccc3[nH]ccc13)C(O)N2. The van der Waals surface area contributed by atoms with E-state index >= 15 is 0 Å². The lowest BCUT2D eigenvalue weighted by atomic mass is 9.69. The molecule has 1 unspecified atom stereocenters. The molecular weight excluding hydrogens is 360 g/mol. The van der Waals surface area contributed by atoms with E-state index < -0.39 is 6.35 Å². The summed E-state index contributed by atoms with van der Waals surface area (Å²) >= 11 is 0. The molecule has 2 aromatic carbocycles. The van der Waals surface area contributed by atoms with Gasteiger partial charge in [-0.1, -0.05) is 36.4 Å². The molecule has 3 N–H and O–H groups in total. The highest BCUT2D eigenvalue weighted by Gasteiger charge is 2.50. The number of H-pyrrole nitrogens is 1. The highest BCUT2D eigenvalue weighted by Crippen LogP contribution is 2.47. The number of rotatable bonds is 3. The molecule has 1 aliphatic carbocycles. The maximum absolute atomic E-state index is 10.9. The Balaban J connectivity index is 1.41. The second-order valence-electron chi connectivity index (χ2n) is 8.93. The molecule has 1 aromatic heterocycles. The molecule has 5 rings (SSSR count). The predicted molar refractivity (Wildman–Crippen MR) is 118 cm³/mol. The van der Waals surface area contributed by atoms with Gasteiger partial charge in [-0.05, 0) is 63.5 Å². The second-order valence-corrected chi connectivity index (χ2v) is 8.93. The molecular formula is C24H30N4O. The van der Waals surface area contributed by atoms with Crippen molar-refractivity contribution >= 4 is 16.6 Å². The van der Waals surface area contributed by atoms with Crippen molar-refractivity contribution in [2.75, 3.05) is 25.5 Å². The summed E-state index contributed by atoms with van der Waals surface area (Å²) in [6.45, 7) is 0.830. The van der Waals surface area contributed by atoms with Gasteiger partial charge in [-0.15, -0.1) is 0 Å². The number of benzene rings is 2. The fourth-order valence-corrected chi connectivity index (χ4v) is 5.53. The van der Waals surface area contributed by atoms with Gasteiger partial charge in [0, 0.05) is 40.4 Å². The van der Waals surface area contributed by atoms with Gasteiger partial charge in [-0.3, -0.25) is 10.2 Å². The van der Waals surface area contributed by atoms with Crippen molar-refractivity contribution < 1.29 is 5.11 Å². The summed E-state index contributed by atoms with van der Waals surface area (Å²) in [5, 5.41) is 15.6. The number of hydrogen-bond acceptors (Lipinski definition) is 4. The van der Waals surface area contributed by atoms with Gasteiger partial charge < -0.3 is 15.0 Å². The van der Waals surface area contributed by atoms with Crippen LogP contribution in [0.25, 0.3) is 10.9 Å². The topological polar surface area (TPSA) is 54.5 Å². The Morgan fingerprint density at radius 2 is 1.72 bits per heavy atom. The normalized spacial score (nSPS) is 29.9. The summed E-state index contributed by atoms with van der Waals surface area (Å²) in [5.74, 6) is 0. The van der Waals surface area contributed by atoms with E-state index in [-0.39, 0.29) is 11.1 Å². The van der Waals surface area contributed by atoms with E-state index in [0.29, 0.717) is 0 Å². The zero-order valence-corrected chi connectivity index (χ0v) is 17.2. The molecule has 0 bridgehead atoms. The van der Waals surface area contributed by atoms with E-state index in [0.717, 1.165) is 48.8 Å². The number of fused-ring (bicyclic) bond motifs is 1. The first kappa shape index (κ1) is 18.7. The lowest BCUT2D eigenvalue weighted by Crippen LogP contribution is -2.54. The Bertz CT molecular complexity index is 988. The molecule has 0 amide bonds. The molecule has 5 nitrogen and oxygen atoms in total. The first-order valence-electron chi connectivity index (χ1n) is 10.5. The number of aliphatic hydroxyl groups excluding tert-OH is 1. The Morgan fingerprint density at radius 3 is 2.45 bits per heavy atom. The van der Waals surface area contributed by atoms with Crippen LogP contribution >= 0.6 is 0 Å². The van der Waals surface area contributed by atoms with Crippen LogP contribution in [0.2, 0.25) is 0 Å². The van der Waals surface area contributed by atoms with Crippen LogP contribution in [0, 0.1) is 0 Å². The molecule has 3 aromatic rings. The van der Waals surface area contributed by atoms with Crippen LogP contribution in [-0.4, -0.2) is 47.5 Å². The third-order valence-electron chi connectivity index (χ3n) is 7.29. The zero-order valence-electron chi connectivity index (χ0n) is 17.2. The standard InChI is InChI=1S/C24H30N4O/c1-27(2)24(18-7-4-3-5-8-18)14-12-23(13-15-24)17-28(22(29)26-23)21-10-6-9-20-19(21)11-16-25-20/h3-11,16,22,25-26,29H,12-15,17H2,1-2H3/t22?,23-,24+. The monoisotopic (exact) mass is 390 g/mol. The van der Waals surface area contributed by atoms with E-state index in [1.54, 1.807) is 0 Å². The first-order valence-corrected chi connectivity index (χ1v) is 10.5. The molecule has 2 fully saturated rings. The van der Waals surface area contributed by atoms with Crippen molar-refractivity contribution in [2.24, 2.45) is 0 Å². The minimum Gasteiger partial charge on any atom is -0.361 e. The van der Waals surface area contributed by atoms with Gasteiger partial charge in [0.15, 0.2) is 6.35 Å². The summed E-state index contributed by atoms with van der Waals surface area (Å²) < 4.78 is 0. The molecule has 1 spiro atoms. The van der Waals surface area contributed by atoms with Crippen LogP contribution in [0.3, 0.4) is 0 Å². The third kappa shape index (κ3) is 2.96. The minimum absolute atomic E-state index is 0.0494. The van der Waals surface area contributed by atoms with Crippen LogP contribution in [-0.2, 0) is 5.54 Å². The van der Waals surface area contributed by atoms with Gasteiger partial charge in [0.2, 0.25) is 0 Å². The molecule has 2 heterocycles. The van der Waals surface area contributed by atoms with Crippen LogP contribution in [0.4, 0.5) is 5.69 Å². The van der Waals surface area contributed by atoms with Crippen LogP contribution in [0.15, 0.2) is 60.8 Å². The van der Waals surface area contributed by atoms with Crippen molar-refractivity contribution in [1.82, 2.24) is 15.2 Å². The van der Waals surface area contributed by atoms with Crippen molar-refractivity contribution in [1.29, 1.82) is 0 Å². The van der Waals surface area contributed by atoms with Crippen molar-refractivity contribution in [3.8, 4) is 0 Å². The lowest BCUT2D eigenvalue weighted by Gasteiger charge is -2.49. The van der Waals surface area contributed by atoms with Crippen LogP contribution in [0.5, 0.6) is 0 Å². The summed E-state index contributed by atoms with van der Waals surface area (Å²) in [6, 6.07) is 19.2.